The molecule has 1 aromatic heterocycles. The van der Waals surface area contributed by atoms with Crippen LogP contribution in [0.15, 0.2) is 24.3 Å². The summed E-state index contributed by atoms with van der Waals surface area (Å²) < 4.78 is 4.59. The quantitative estimate of drug-likeness (QED) is 0.574. The predicted octanol–water partition coefficient (Wildman–Crippen LogP) is 3.70. The van der Waals surface area contributed by atoms with Crippen molar-refractivity contribution in [3.63, 3.8) is 0 Å². The van der Waals surface area contributed by atoms with Crippen LogP contribution in [-0.4, -0.2) is 30.5 Å². The number of nitrogens with one attached hydrogen (secondary N) is 1. The molecule has 0 saturated carbocycles. The Morgan fingerprint density at radius 2 is 1.71 bits per heavy atom. The van der Waals surface area contributed by atoms with Gasteiger partial charge in [-0.05, 0) is 48.4 Å². The number of benzene rings is 1. The Morgan fingerprint density at radius 1 is 1.10 bits per heavy atom. The number of halogens is 2. The molecular weight excluding hydrogens is 437 g/mol. The van der Waals surface area contributed by atoms with E-state index in [1.807, 2.05) is 13.8 Å². The third-order valence-electron chi connectivity index (χ3n) is 4.83. The summed E-state index contributed by atoms with van der Waals surface area (Å²) in [6, 6.07) is 8.21. The van der Waals surface area contributed by atoms with Crippen LogP contribution in [0.3, 0.4) is 0 Å². The predicted molar refractivity (Wildman–Crippen MR) is 129 cm³/mol. The van der Waals surface area contributed by atoms with Gasteiger partial charge >= 0.3 is 5.97 Å². The van der Waals surface area contributed by atoms with Crippen LogP contribution in [-0.2, 0) is 33.7 Å². The second kappa shape index (κ2) is 13.3. The van der Waals surface area contributed by atoms with Crippen LogP contribution in [0.5, 0.6) is 0 Å². The van der Waals surface area contributed by atoms with E-state index in [0.717, 1.165) is 45.6 Å². The second-order valence-corrected chi connectivity index (χ2v) is 7.67. The van der Waals surface area contributed by atoms with Crippen molar-refractivity contribution >= 4 is 36.7 Å². The maximum atomic E-state index is 12.5. The third kappa shape index (κ3) is 7.80. The molecule has 0 atom stereocenters. The molecule has 0 saturated heterocycles. The van der Waals surface area contributed by atoms with Crippen LogP contribution >= 0.6 is 24.8 Å². The molecule has 0 radical (unpaired) electrons. The van der Waals surface area contributed by atoms with Crippen LogP contribution in [0, 0.1) is 19.8 Å². The number of hydrogen-bond donors (Lipinski definition) is 2. The van der Waals surface area contributed by atoms with E-state index in [9.17, 15) is 9.59 Å². The molecule has 0 spiro atoms. The third-order valence-corrected chi connectivity index (χ3v) is 4.83. The summed E-state index contributed by atoms with van der Waals surface area (Å²) in [6.45, 7) is 8.45. The van der Waals surface area contributed by atoms with Crippen molar-refractivity contribution in [2.45, 2.75) is 47.1 Å². The summed E-state index contributed by atoms with van der Waals surface area (Å²) in [4.78, 5) is 28.6. The van der Waals surface area contributed by atoms with E-state index in [-0.39, 0.29) is 43.7 Å². The van der Waals surface area contributed by atoms with Gasteiger partial charge in [-0.25, -0.2) is 0 Å². The molecule has 0 unspecified atom stereocenters. The van der Waals surface area contributed by atoms with E-state index < -0.39 is 5.97 Å². The van der Waals surface area contributed by atoms with E-state index in [2.05, 4.69) is 48.2 Å². The molecule has 0 fully saturated rings. The number of aromatic nitrogens is 1. The fourth-order valence-corrected chi connectivity index (χ4v) is 3.37. The number of ether oxygens (including phenoxy) is 1. The summed E-state index contributed by atoms with van der Waals surface area (Å²) >= 11 is 0. The van der Waals surface area contributed by atoms with Crippen LogP contribution in [0.25, 0.3) is 11.1 Å². The number of methoxy groups -OCH3 is 1. The first-order valence-corrected chi connectivity index (χ1v) is 9.88. The number of hydrogen-bond acceptors (Lipinski definition) is 5. The van der Waals surface area contributed by atoms with Gasteiger partial charge in [-0.2, -0.15) is 0 Å². The Hall–Kier alpha value is -2.15. The van der Waals surface area contributed by atoms with E-state index >= 15 is 0 Å². The van der Waals surface area contributed by atoms with Crippen molar-refractivity contribution in [1.29, 1.82) is 0 Å². The minimum atomic E-state index is -0.484. The monoisotopic (exact) mass is 469 g/mol. The SMILES string of the molecule is COC(=O)CNC(=O)Cc1c(C)nc(CC(C)C)c(CN)c1-c1ccc(C)cc1.Cl.Cl. The molecule has 31 heavy (non-hydrogen) atoms. The normalized spacial score (nSPS) is 10.2. The highest BCUT2D eigenvalue weighted by molar-refractivity contribution is 5.86. The van der Waals surface area contributed by atoms with Gasteiger partial charge in [0.25, 0.3) is 0 Å². The lowest BCUT2D eigenvalue weighted by Gasteiger charge is -2.21. The number of pyridine rings is 1. The maximum Gasteiger partial charge on any atom is 0.325 e. The van der Waals surface area contributed by atoms with E-state index in [0.29, 0.717) is 12.5 Å². The van der Waals surface area contributed by atoms with Gasteiger partial charge in [-0.1, -0.05) is 43.7 Å². The number of esters is 1. The van der Waals surface area contributed by atoms with Gasteiger partial charge in [-0.3, -0.25) is 14.6 Å². The number of carbonyl (C=O) groups excluding carboxylic acids is 2. The smallest absolute Gasteiger partial charge is 0.325 e. The molecule has 0 bridgehead atoms. The number of nitrogens with two attached hydrogens (primary N) is 1. The highest BCUT2D eigenvalue weighted by Crippen LogP contribution is 2.33. The minimum Gasteiger partial charge on any atom is -0.468 e. The number of nitrogens with zero attached hydrogens (tertiary/aromatic N) is 1. The standard InChI is InChI=1S/C23H31N3O3.2ClH/c1-14(2)10-20-19(12-24)23(17-8-6-15(3)7-9-17)18(16(4)26-20)11-21(27)25-13-22(28)29-5;;/h6-9,14H,10-13,24H2,1-5H3,(H,25,27);2*1H. The summed E-state index contributed by atoms with van der Waals surface area (Å²) in [5.41, 5.74) is 12.9. The summed E-state index contributed by atoms with van der Waals surface area (Å²) in [7, 11) is 1.29. The Bertz CT molecular complexity index is 885. The molecule has 0 aliphatic rings. The Morgan fingerprint density at radius 3 is 2.23 bits per heavy atom. The number of amides is 1. The van der Waals surface area contributed by atoms with Crippen molar-refractivity contribution in [3.8, 4) is 11.1 Å². The molecule has 0 aliphatic heterocycles. The van der Waals surface area contributed by atoms with Crippen molar-refractivity contribution < 1.29 is 14.3 Å². The molecule has 0 aliphatic carbocycles. The van der Waals surface area contributed by atoms with Crippen molar-refractivity contribution in [1.82, 2.24) is 10.3 Å². The highest BCUT2D eigenvalue weighted by atomic mass is 35.5. The first kappa shape index (κ1) is 28.9. The lowest BCUT2D eigenvalue weighted by molar-refractivity contribution is -0.141. The first-order valence-electron chi connectivity index (χ1n) is 9.88. The first-order chi connectivity index (χ1) is 13.8. The molecule has 2 rings (SSSR count). The molecule has 6 nitrogen and oxygen atoms in total. The fourth-order valence-electron chi connectivity index (χ4n) is 3.37. The number of aryl methyl sites for hydroxylation is 2. The zero-order chi connectivity index (χ0) is 21.6. The van der Waals surface area contributed by atoms with Gasteiger partial charge in [-0.15, -0.1) is 24.8 Å². The topological polar surface area (TPSA) is 94.3 Å². The second-order valence-electron chi connectivity index (χ2n) is 7.67. The van der Waals surface area contributed by atoms with E-state index in [4.69, 9.17) is 10.7 Å². The minimum absolute atomic E-state index is 0. The molecule has 1 heterocycles. The van der Waals surface area contributed by atoms with Crippen molar-refractivity contribution in [2.24, 2.45) is 11.7 Å². The van der Waals surface area contributed by atoms with Gasteiger partial charge in [0.1, 0.15) is 6.54 Å². The molecule has 3 N–H and O–H groups in total. The average molecular weight is 470 g/mol. The summed E-state index contributed by atoms with van der Waals surface area (Å²) in [6.07, 6.45) is 0.940. The Balaban J connectivity index is 0.00000450. The lowest BCUT2D eigenvalue weighted by atomic mass is 9.88. The van der Waals surface area contributed by atoms with Gasteiger partial charge in [0.15, 0.2) is 0 Å². The Kier molecular flexibility index (Phi) is 12.4. The summed E-state index contributed by atoms with van der Waals surface area (Å²) in [5.74, 6) is -0.303. The summed E-state index contributed by atoms with van der Waals surface area (Å²) in [5, 5.41) is 2.61. The van der Waals surface area contributed by atoms with Gasteiger partial charge in [0.05, 0.1) is 13.5 Å². The van der Waals surface area contributed by atoms with Crippen LogP contribution in [0.1, 0.15) is 41.9 Å². The van der Waals surface area contributed by atoms with Crippen molar-refractivity contribution in [3.05, 3.63) is 52.3 Å². The Labute approximate surface area is 197 Å². The largest absolute Gasteiger partial charge is 0.468 e. The average Bonchev–Trinajstić information content (AvgIpc) is 2.68. The molecule has 1 amide bonds. The lowest BCUT2D eigenvalue weighted by Crippen LogP contribution is -2.31. The zero-order valence-corrected chi connectivity index (χ0v) is 20.4. The van der Waals surface area contributed by atoms with Gasteiger partial charge in [0, 0.05) is 17.9 Å². The van der Waals surface area contributed by atoms with Crippen LogP contribution in [0.4, 0.5) is 0 Å². The van der Waals surface area contributed by atoms with Crippen LogP contribution < -0.4 is 11.1 Å². The molecule has 8 heteroatoms. The highest BCUT2D eigenvalue weighted by Gasteiger charge is 2.21. The van der Waals surface area contributed by atoms with Gasteiger partial charge < -0.3 is 15.8 Å². The van der Waals surface area contributed by atoms with E-state index in [1.54, 1.807) is 0 Å². The van der Waals surface area contributed by atoms with E-state index in [1.165, 1.54) is 7.11 Å². The number of rotatable bonds is 8. The zero-order valence-electron chi connectivity index (χ0n) is 18.8. The number of carbonyl (C=O) groups is 2. The molecule has 2 aromatic rings. The molecular formula is C23H33Cl2N3O3. The molecule has 1 aromatic carbocycles. The van der Waals surface area contributed by atoms with Gasteiger partial charge in [0.2, 0.25) is 5.91 Å². The maximum absolute atomic E-state index is 12.5. The molecule has 172 valence electrons. The van der Waals surface area contributed by atoms with Crippen molar-refractivity contribution in [2.75, 3.05) is 13.7 Å². The fraction of sp³-hybridized carbons (Fsp3) is 0.435. The van der Waals surface area contributed by atoms with Crippen LogP contribution in [0.2, 0.25) is 0 Å².